The fourth-order valence-corrected chi connectivity index (χ4v) is 9.18. The van der Waals surface area contributed by atoms with Crippen LogP contribution in [0.2, 0.25) is 0 Å². The molecule has 0 unspecified atom stereocenters. The van der Waals surface area contributed by atoms with Gasteiger partial charge in [0, 0.05) is 33.7 Å². The first kappa shape index (κ1) is 37.9. The van der Waals surface area contributed by atoms with Gasteiger partial charge >= 0.3 is 0 Å². The molecule has 0 fully saturated rings. The molecule has 12 rings (SSSR count). The lowest BCUT2D eigenvalue weighted by molar-refractivity contribution is 0.944. The van der Waals surface area contributed by atoms with Gasteiger partial charge in [0.15, 0.2) is 11.6 Å². The van der Waals surface area contributed by atoms with Crippen molar-refractivity contribution in [3.05, 3.63) is 237 Å². The van der Waals surface area contributed by atoms with E-state index in [2.05, 4.69) is 217 Å². The third-order valence-corrected chi connectivity index (χ3v) is 12.3. The molecule has 0 spiro atoms. The monoisotopic (exact) mass is 829 g/mol. The first-order valence-electron chi connectivity index (χ1n) is 21.9. The molecule has 0 saturated heterocycles. The van der Waals surface area contributed by atoms with Crippen LogP contribution in [-0.2, 0) is 0 Å². The second kappa shape index (κ2) is 16.2. The smallest absolute Gasteiger partial charge is 0.240 e. The van der Waals surface area contributed by atoms with E-state index in [0.717, 1.165) is 77.6 Å². The molecule has 3 heterocycles. The molecule has 0 aliphatic carbocycles. The quantitative estimate of drug-likeness (QED) is 0.153. The Labute approximate surface area is 376 Å². The summed E-state index contributed by atoms with van der Waals surface area (Å²) < 4.78 is 2.14. The van der Waals surface area contributed by atoms with Crippen molar-refractivity contribution in [3.63, 3.8) is 0 Å². The molecule has 9 aromatic carbocycles. The zero-order valence-electron chi connectivity index (χ0n) is 35.3. The van der Waals surface area contributed by atoms with E-state index in [0.29, 0.717) is 17.6 Å². The Morgan fingerprint density at radius 2 is 0.708 bits per heavy atom. The summed E-state index contributed by atoms with van der Waals surface area (Å²) in [6.07, 6.45) is 1.85. The summed E-state index contributed by atoms with van der Waals surface area (Å²) in [6.45, 7) is 0. The van der Waals surface area contributed by atoms with E-state index in [1.807, 2.05) is 24.4 Å². The molecule has 0 bridgehead atoms. The second-order valence-electron chi connectivity index (χ2n) is 16.3. The summed E-state index contributed by atoms with van der Waals surface area (Å²) in [4.78, 5) is 21.1. The van der Waals surface area contributed by atoms with Crippen LogP contribution in [0.25, 0.3) is 117 Å². The van der Waals surface area contributed by atoms with Gasteiger partial charge in [0.2, 0.25) is 5.95 Å². The Hall–Kier alpha value is -8.80. The number of para-hydroxylation sites is 1. The zero-order chi connectivity index (χ0) is 43.1. The predicted molar refractivity (Wildman–Crippen MR) is 268 cm³/mol. The molecule has 304 valence electrons. The third-order valence-electron chi connectivity index (χ3n) is 12.3. The summed E-state index contributed by atoms with van der Waals surface area (Å²) in [7, 11) is 0. The fourth-order valence-electron chi connectivity index (χ4n) is 9.18. The second-order valence-corrected chi connectivity index (χ2v) is 16.3. The number of rotatable bonds is 8. The average Bonchev–Trinajstić information content (AvgIpc) is 3.74. The van der Waals surface area contributed by atoms with Crippen LogP contribution in [0.1, 0.15) is 0 Å². The van der Waals surface area contributed by atoms with Gasteiger partial charge in [-0.15, -0.1) is 0 Å². The lowest BCUT2D eigenvalue weighted by atomic mass is 9.96. The van der Waals surface area contributed by atoms with Crippen LogP contribution in [0.5, 0.6) is 0 Å². The SMILES string of the molecule is c1ccc(-c2cccc(-c3cccc(-c4nc(-c5cccc(-c6cccc(-c7ccccc7)c6)c5)nc(-n5c6ncccc6c6cccc(-c7cccc8ccccc78)c65)n4)c3)c2)cc1. The number of benzene rings is 9. The maximum Gasteiger partial charge on any atom is 0.240 e. The Balaban J connectivity index is 1.08. The predicted octanol–water partition coefficient (Wildman–Crippen LogP) is 15.2. The minimum Gasteiger partial charge on any atom is -0.261 e. The molecule has 0 amide bonds. The van der Waals surface area contributed by atoms with Gasteiger partial charge in [0.25, 0.3) is 0 Å². The highest BCUT2D eigenvalue weighted by Gasteiger charge is 2.22. The molecule has 0 aliphatic rings. The van der Waals surface area contributed by atoms with Crippen molar-refractivity contribution in [2.75, 3.05) is 0 Å². The van der Waals surface area contributed by atoms with Crippen LogP contribution in [0.15, 0.2) is 237 Å². The van der Waals surface area contributed by atoms with Crippen molar-refractivity contribution in [2.45, 2.75) is 0 Å². The molecule has 0 atom stereocenters. The highest BCUT2D eigenvalue weighted by molar-refractivity contribution is 6.14. The Morgan fingerprint density at radius 3 is 1.31 bits per heavy atom. The van der Waals surface area contributed by atoms with Gasteiger partial charge in [0.1, 0.15) is 5.65 Å². The van der Waals surface area contributed by atoms with E-state index >= 15 is 0 Å². The number of hydrogen-bond donors (Lipinski definition) is 0. The number of pyridine rings is 1. The van der Waals surface area contributed by atoms with Crippen LogP contribution in [0.3, 0.4) is 0 Å². The summed E-state index contributed by atoms with van der Waals surface area (Å²) in [5, 5.41) is 4.44. The third kappa shape index (κ3) is 7.02. The van der Waals surface area contributed by atoms with Crippen molar-refractivity contribution in [1.82, 2.24) is 24.5 Å². The van der Waals surface area contributed by atoms with Crippen molar-refractivity contribution < 1.29 is 0 Å². The standard InChI is InChI=1S/C60H39N5/c1-3-16-40(17-4-1)43-22-9-24-45(36-43)47-26-11-28-49(38-47)57-62-58(50-29-12-27-48(39-50)46-25-10-23-44(37-46)41-18-5-2-6-19-41)64-60(63-57)65-56-53(52-31-13-21-42-20-7-8-30-51(42)52)32-14-33-54(56)55-34-15-35-61-59(55)65/h1-39H. The molecule has 3 aromatic heterocycles. The number of nitrogens with zero attached hydrogens (tertiary/aromatic N) is 5. The van der Waals surface area contributed by atoms with Gasteiger partial charge in [-0.3, -0.25) is 4.57 Å². The highest BCUT2D eigenvalue weighted by Crippen LogP contribution is 2.40. The molecule has 65 heavy (non-hydrogen) atoms. The molecule has 0 saturated carbocycles. The Morgan fingerprint density at radius 1 is 0.292 bits per heavy atom. The van der Waals surface area contributed by atoms with E-state index in [9.17, 15) is 0 Å². The first-order chi connectivity index (χ1) is 32.2. The summed E-state index contributed by atoms with van der Waals surface area (Å²) >= 11 is 0. The van der Waals surface area contributed by atoms with Crippen molar-refractivity contribution in [3.8, 4) is 84.4 Å². The average molecular weight is 830 g/mol. The molecule has 5 heteroatoms. The molecular formula is C60H39N5. The minimum atomic E-state index is 0.490. The van der Waals surface area contributed by atoms with Gasteiger partial charge in [-0.1, -0.05) is 194 Å². The zero-order valence-corrected chi connectivity index (χ0v) is 35.3. The molecule has 0 N–H and O–H groups in total. The first-order valence-corrected chi connectivity index (χ1v) is 21.9. The van der Waals surface area contributed by atoms with Crippen LogP contribution in [-0.4, -0.2) is 24.5 Å². The molecular weight excluding hydrogens is 791 g/mol. The lowest BCUT2D eigenvalue weighted by Gasteiger charge is -2.14. The maximum absolute atomic E-state index is 5.40. The topological polar surface area (TPSA) is 56.5 Å². The Kier molecular flexibility index (Phi) is 9.42. The highest BCUT2D eigenvalue weighted by atomic mass is 15.2. The largest absolute Gasteiger partial charge is 0.261 e. The summed E-state index contributed by atoms with van der Waals surface area (Å²) in [6, 6.07) is 81.1. The van der Waals surface area contributed by atoms with Crippen LogP contribution >= 0.6 is 0 Å². The van der Waals surface area contributed by atoms with E-state index in [1.54, 1.807) is 0 Å². The van der Waals surface area contributed by atoms with E-state index in [4.69, 9.17) is 19.9 Å². The molecule has 5 nitrogen and oxygen atoms in total. The van der Waals surface area contributed by atoms with E-state index < -0.39 is 0 Å². The molecule has 12 aromatic rings. The van der Waals surface area contributed by atoms with Gasteiger partial charge < -0.3 is 0 Å². The van der Waals surface area contributed by atoms with Gasteiger partial charge in [-0.2, -0.15) is 9.97 Å². The van der Waals surface area contributed by atoms with Crippen LogP contribution in [0, 0.1) is 0 Å². The lowest BCUT2D eigenvalue weighted by Crippen LogP contribution is -2.07. The fraction of sp³-hybridized carbons (Fsp3) is 0. The summed E-state index contributed by atoms with van der Waals surface area (Å²) in [5.41, 5.74) is 14.8. The number of aromatic nitrogens is 5. The van der Waals surface area contributed by atoms with Gasteiger partial charge in [0.05, 0.1) is 5.52 Å². The normalized spacial score (nSPS) is 11.4. The molecule has 0 radical (unpaired) electrons. The van der Waals surface area contributed by atoms with Gasteiger partial charge in [-0.05, 0) is 97.2 Å². The number of hydrogen-bond acceptors (Lipinski definition) is 4. The van der Waals surface area contributed by atoms with Crippen LogP contribution in [0.4, 0.5) is 0 Å². The maximum atomic E-state index is 5.40. The van der Waals surface area contributed by atoms with Crippen LogP contribution < -0.4 is 0 Å². The van der Waals surface area contributed by atoms with Gasteiger partial charge in [-0.25, -0.2) is 9.97 Å². The summed E-state index contributed by atoms with van der Waals surface area (Å²) in [5.74, 6) is 1.62. The van der Waals surface area contributed by atoms with E-state index in [1.165, 1.54) is 21.9 Å². The minimum absolute atomic E-state index is 0.490. The molecule has 0 aliphatic heterocycles. The van der Waals surface area contributed by atoms with E-state index in [-0.39, 0.29) is 0 Å². The Bertz CT molecular complexity index is 3570. The van der Waals surface area contributed by atoms with Crippen molar-refractivity contribution >= 4 is 32.7 Å². The van der Waals surface area contributed by atoms with Crippen molar-refractivity contribution in [2.24, 2.45) is 0 Å². The number of fused-ring (bicyclic) bond motifs is 4. The van der Waals surface area contributed by atoms with Crippen molar-refractivity contribution in [1.29, 1.82) is 0 Å².